The summed E-state index contributed by atoms with van der Waals surface area (Å²) in [4.78, 5) is 18.9. The Morgan fingerprint density at radius 1 is 1.39 bits per heavy atom. The first kappa shape index (κ1) is 14.1. The molecule has 3 aromatic rings. The predicted molar refractivity (Wildman–Crippen MR) is 88.4 cm³/mol. The number of hydrogen-bond acceptors (Lipinski definition) is 2. The highest BCUT2D eigenvalue weighted by Crippen LogP contribution is 2.21. The number of fused-ring (bicyclic) bond motifs is 2. The minimum absolute atomic E-state index is 0.0858. The summed E-state index contributed by atoms with van der Waals surface area (Å²) in [6.45, 7) is 1.77. The van der Waals surface area contributed by atoms with Crippen molar-refractivity contribution in [3.63, 3.8) is 0 Å². The first-order valence-electron chi connectivity index (χ1n) is 8.03. The first-order valence-corrected chi connectivity index (χ1v) is 8.03. The second-order valence-corrected chi connectivity index (χ2v) is 6.34. The average molecular weight is 308 g/mol. The number of nitrogens with zero attached hydrogens (tertiary/aromatic N) is 4. The van der Waals surface area contributed by atoms with Gasteiger partial charge in [0, 0.05) is 56.9 Å². The van der Waals surface area contributed by atoms with Gasteiger partial charge in [0.05, 0.1) is 5.56 Å². The molecule has 0 aliphatic carbocycles. The monoisotopic (exact) mass is 308 g/mol. The lowest BCUT2D eigenvalue weighted by atomic mass is 9.97. The first-order chi connectivity index (χ1) is 11.2. The highest BCUT2D eigenvalue weighted by molar-refractivity contribution is 5.95. The molecule has 0 spiro atoms. The van der Waals surface area contributed by atoms with Gasteiger partial charge in [0.2, 0.25) is 0 Å². The molecule has 5 heteroatoms. The molecular formula is C18H20N4O. The molecule has 1 aliphatic heterocycles. The molecule has 0 N–H and O–H groups in total. The molecule has 0 bridgehead atoms. The summed E-state index contributed by atoms with van der Waals surface area (Å²) >= 11 is 0. The normalized spacial score (nSPS) is 17.2. The average Bonchev–Trinajstić information content (AvgIpc) is 3.19. The number of carbonyl (C=O) groups is 1. The summed E-state index contributed by atoms with van der Waals surface area (Å²) in [5, 5.41) is 0. The summed E-state index contributed by atoms with van der Waals surface area (Å²) < 4.78 is 4.19. The van der Waals surface area contributed by atoms with E-state index in [1.54, 1.807) is 0 Å². The maximum Gasteiger partial charge on any atom is 0.255 e. The van der Waals surface area contributed by atoms with Gasteiger partial charge < -0.3 is 13.9 Å². The number of rotatable bonds is 3. The lowest BCUT2D eigenvalue weighted by Crippen LogP contribution is -2.34. The Labute approximate surface area is 135 Å². The van der Waals surface area contributed by atoms with Crippen molar-refractivity contribution in [1.29, 1.82) is 0 Å². The van der Waals surface area contributed by atoms with Crippen LogP contribution in [0.5, 0.6) is 0 Å². The largest absolute Gasteiger partial charge is 0.341 e. The summed E-state index contributed by atoms with van der Waals surface area (Å²) in [5.74, 6) is 1.70. The van der Waals surface area contributed by atoms with Crippen molar-refractivity contribution in [2.75, 3.05) is 13.6 Å². The van der Waals surface area contributed by atoms with Gasteiger partial charge in [0.25, 0.3) is 5.91 Å². The van der Waals surface area contributed by atoms with Crippen molar-refractivity contribution < 1.29 is 4.79 Å². The van der Waals surface area contributed by atoms with E-state index in [-0.39, 0.29) is 5.91 Å². The minimum Gasteiger partial charge on any atom is -0.341 e. The van der Waals surface area contributed by atoms with Gasteiger partial charge in [-0.1, -0.05) is 6.07 Å². The molecule has 4 heterocycles. The van der Waals surface area contributed by atoms with Crippen LogP contribution in [0.2, 0.25) is 0 Å². The van der Waals surface area contributed by atoms with Crippen LogP contribution in [0.3, 0.4) is 0 Å². The van der Waals surface area contributed by atoms with Crippen LogP contribution in [0.4, 0.5) is 0 Å². The molecule has 23 heavy (non-hydrogen) atoms. The summed E-state index contributed by atoms with van der Waals surface area (Å²) in [6.07, 6.45) is 9.81. The molecule has 0 saturated heterocycles. The minimum atomic E-state index is 0.0858. The molecule has 0 radical (unpaired) electrons. The number of aryl methyl sites for hydroxylation is 1. The highest BCUT2D eigenvalue weighted by Gasteiger charge is 2.23. The molecule has 1 atom stereocenters. The second kappa shape index (κ2) is 5.57. The fourth-order valence-electron chi connectivity index (χ4n) is 3.43. The van der Waals surface area contributed by atoms with E-state index in [4.69, 9.17) is 0 Å². The quantitative estimate of drug-likeness (QED) is 0.746. The molecule has 3 aromatic heterocycles. The Hall–Kier alpha value is -2.56. The van der Waals surface area contributed by atoms with Crippen molar-refractivity contribution in [2.45, 2.75) is 19.4 Å². The van der Waals surface area contributed by atoms with E-state index in [0.29, 0.717) is 5.92 Å². The maximum atomic E-state index is 12.7. The van der Waals surface area contributed by atoms with E-state index >= 15 is 0 Å². The van der Waals surface area contributed by atoms with Crippen molar-refractivity contribution >= 4 is 11.4 Å². The molecule has 1 amide bonds. The highest BCUT2D eigenvalue weighted by atomic mass is 16.2. The van der Waals surface area contributed by atoms with E-state index in [1.165, 1.54) is 0 Å². The van der Waals surface area contributed by atoms with Gasteiger partial charge in [-0.3, -0.25) is 4.79 Å². The van der Waals surface area contributed by atoms with Gasteiger partial charge in [-0.2, -0.15) is 0 Å². The van der Waals surface area contributed by atoms with E-state index in [1.807, 2.05) is 65.4 Å². The summed E-state index contributed by atoms with van der Waals surface area (Å²) in [6, 6.07) is 7.91. The number of aromatic nitrogens is 3. The van der Waals surface area contributed by atoms with Crippen molar-refractivity contribution in [3.05, 3.63) is 60.4 Å². The molecule has 0 aromatic carbocycles. The van der Waals surface area contributed by atoms with Gasteiger partial charge >= 0.3 is 0 Å². The van der Waals surface area contributed by atoms with Crippen LogP contribution >= 0.6 is 0 Å². The Bertz CT molecular complexity index is 814. The second-order valence-electron chi connectivity index (χ2n) is 6.34. The van der Waals surface area contributed by atoms with Crippen LogP contribution in [0.1, 0.15) is 22.6 Å². The van der Waals surface area contributed by atoms with Crippen LogP contribution < -0.4 is 0 Å². The molecule has 4 rings (SSSR count). The topological polar surface area (TPSA) is 42.5 Å². The number of hydrogen-bond donors (Lipinski definition) is 0. The van der Waals surface area contributed by atoms with Crippen LogP contribution in [0.25, 0.3) is 5.52 Å². The van der Waals surface area contributed by atoms with E-state index in [2.05, 4.69) is 9.55 Å². The van der Waals surface area contributed by atoms with Crippen LogP contribution in [0, 0.1) is 5.92 Å². The lowest BCUT2D eigenvalue weighted by Gasteiger charge is -2.27. The predicted octanol–water partition coefficient (Wildman–Crippen LogP) is 2.47. The van der Waals surface area contributed by atoms with Crippen LogP contribution in [0.15, 0.2) is 49.1 Å². The molecule has 0 unspecified atom stereocenters. The SMILES string of the molecule is CN(C[C@@H]1CCn2ccnc2C1)C(=O)c1cc2ccccn2c1. The van der Waals surface area contributed by atoms with Gasteiger partial charge in [-0.25, -0.2) is 4.98 Å². The number of imidazole rings is 1. The summed E-state index contributed by atoms with van der Waals surface area (Å²) in [5.41, 5.74) is 1.79. The Morgan fingerprint density at radius 3 is 3.17 bits per heavy atom. The molecule has 5 nitrogen and oxygen atoms in total. The van der Waals surface area contributed by atoms with Gasteiger partial charge in [-0.15, -0.1) is 0 Å². The van der Waals surface area contributed by atoms with E-state index < -0.39 is 0 Å². The fourth-order valence-corrected chi connectivity index (χ4v) is 3.43. The Balaban J connectivity index is 1.46. The Kier molecular flexibility index (Phi) is 3.41. The zero-order chi connectivity index (χ0) is 15.8. The third-order valence-electron chi connectivity index (χ3n) is 4.68. The van der Waals surface area contributed by atoms with Crippen LogP contribution in [-0.2, 0) is 13.0 Å². The van der Waals surface area contributed by atoms with Crippen molar-refractivity contribution in [2.24, 2.45) is 5.92 Å². The number of pyridine rings is 1. The zero-order valence-electron chi connectivity index (χ0n) is 13.2. The van der Waals surface area contributed by atoms with E-state index in [0.717, 1.165) is 42.8 Å². The Morgan fingerprint density at radius 2 is 2.30 bits per heavy atom. The zero-order valence-corrected chi connectivity index (χ0v) is 13.2. The molecule has 0 saturated carbocycles. The van der Waals surface area contributed by atoms with Crippen molar-refractivity contribution in [1.82, 2.24) is 18.9 Å². The fraction of sp³-hybridized carbons (Fsp3) is 0.333. The third-order valence-corrected chi connectivity index (χ3v) is 4.68. The summed E-state index contributed by atoms with van der Waals surface area (Å²) in [7, 11) is 1.89. The molecule has 0 fully saturated rings. The maximum absolute atomic E-state index is 12.7. The number of amides is 1. The van der Waals surface area contributed by atoms with Gasteiger partial charge in [0.15, 0.2) is 0 Å². The third kappa shape index (κ3) is 2.63. The number of carbonyl (C=O) groups excluding carboxylic acids is 1. The molecular weight excluding hydrogens is 288 g/mol. The molecule has 1 aliphatic rings. The smallest absolute Gasteiger partial charge is 0.255 e. The van der Waals surface area contributed by atoms with Gasteiger partial charge in [-0.05, 0) is 30.5 Å². The van der Waals surface area contributed by atoms with Gasteiger partial charge in [0.1, 0.15) is 5.82 Å². The van der Waals surface area contributed by atoms with Crippen LogP contribution in [-0.4, -0.2) is 38.4 Å². The standard InChI is InChI=1S/C18H20N4O/c1-20(12-14-5-8-21-9-6-19-17(21)10-14)18(23)15-11-16-4-2-3-7-22(16)13-15/h2-4,6-7,9,11,13-14H,5,8,10,12H2,1H3/t14-/m1/s1. The van der Waals surface area contributed by atoms with E-state index in [9.17, 15) is 4.79 Å². The molecule has 118 valence electrons. The van der Waals surface area contributed by atoms with Crippen molar-refractivity contribution in [3.8, 4) is 0 Å². The lowest BCUT2D eigenvalue weighted by molar-refractivity contribution is 0.0764.